The van der Waals surface area contributed by atoms with Crippen molar-refractivity contribution in [3.8, 4) is 11.1 Å². The molecule has 0 bridgehead atoms. The molecular weight excluding hydrogens is 476 g/mol. The van der Waals surface area contributed by atoms with Gasteiger partial charge in [0.05, 0.1) is 15.5 Å². The third-order valence-electron chi connectivity index (χ3n) is 4.91. The number of benzene rings is 2. The fourth-order valence-electron chi connectivity index (χ4n) is 3.16. The highest BCUT2D eigenvalue weighted by molar-refractivity contribution is 7.90. The Hall–Kier alpha value is -3.27. The van der Waals surface area contributed by atoms with E-state index >= 15 is 0 Å². The van der Waals surface area contributed by atoms with Crippen molar-refractivity contribution in [3.05, 3.63) is 76.9 Å². The summed E-state index contributed by atoms with van der Waals surface area (Å²) in [5.74, 6) is -0.0988. The number of rotatable bonds is 9. The number of anilines is 1. The van der Waals surface area contributed by atoms with Crippen molar-refractivity contribution in [1.29, 1.82) is 0 Å². The van der Waals surface area contributed by atoms with Crippen LogP contribution in [0.4, 0.5) is 5.82 Å². The highest BCUT2D eigenvalue weighted by Gasteiger charge is 2.16. The van der Waals surface area contributed by atoms with Crippen molar-refractivity contribution in [2.24, 2.45) is 0 Å². The van der Waals surface area contributed by atoms with Crippen molar-refractivity contribution >= 4 is 39.1 Å². The van der Waals surface area contributed by atoms with Gasteiger partial charge in [0.2, 0.25) is 5.91 Å². The van der Waals surface area contributed by atoms with Gasteiger partial charge < -0.3 is 16.0 Å². The van der Waals surface area contributed by atoms with Crippen molar-refractivity contribution in [3.63, 3.8) is 0 Å². The number of aromatic nitrogens is 1. The Morgan fingerprint density at radius 3 is 2.35 bits per heavy atom. The highest BCUT2D eigenvalue weighted by atomic mass is 35.5. The molecule has 3 aromatic rings. The molecule has 3 N–H and O–H groups in total. The summed E-state index contributed by atoms with van der Waals surface area (Å²) < 4.78 is 23.4. The third kappa shape index (κ3) is 6.86. The van der Waals surface area contributed by atoms with Crippen LogP contribution in [0.2, 0.25) is 5.02 Å². The van der Waals surface area contributed by atoms with Crippen LogP contribution < -0.4 is 16.0 Å². The molecule has 178 valence electrons. The summed E-state index contributed by atoms with van der Waals surface area (Å²) in [4.78, 5) is 28.2. The molecule has 2 amide bonds. The fourth-order valence-corrected chi connectivity index (χ4v) is 4.11. The molecule has 0 spiro atoms. The SMILES string of the molecule is CC(=O)NCCNCc1ccc(NC(=O)c2cccc(-c3ccc(S(C)(=O)=O)cc3)c2Cl)nc1. The number of sulfone groups is 1. The Morgan fingerprint density at radius 2 is 1.74 bits per heavy atom. The predicted molar refractivity (Wildman–Crippen MR) is 133 cm³/mol. The number of amides is 2. The maximum absolute atomic E-state index is 12.8. The molecule has 8 nitrogen and oxygen atoms in total. The minimum absolute atomic E-state index is 0.0703. The second-order valence-electron chi connectivity index (χ2n) is 7.63. The maximum Gasteiger partial charge on any atom is 0.258 e. The van der Waals surface area contributed by atoms with E-state index in [1.807, 2.05) is 6.07 Å². The fraction of sp³-hybridized carbons (Fsp3) is 0.208. The second-order valence-corrected chi connectivity index (χ2v) is 10.0. The van der Waals surface area contributed by atoms with Crippen LogP contribution in [-0.4, -0.2) is 44.6 Å². The first-order chi connectivity index (χ1) is 16.1. The summed E-state index contributed by atoms with van der Waals surface area (Å²) in [6.07, 6.45) is 2.80. The Bertz CT molecular complexity index is 1280. The molecule has 0 aliphatic heterocycles. The van der Waals surface area contributed by atoms with Gasteiger partial charge in [0, 0.05) is 44.6 Å². The molecule has 1 heterocycles. The lowest BCUT2D eigenvalue weighted by molar-refractivity contribution is -0.118. The van der Waals surface area contributed by atoms with Crippen LogP contribution in [0.3, 0.4) is 0 Å². The molecule has 0 atom stereocenters. The van der Waals surface area contributed by atoms with E-state index in [0.717, 1.165) is 11.8 Å². The van der Waals surface area contributed by atoms with Gasteiger partial charge in [-0.2, -0.15) is 0 Å². The number of hydrogen-bond donors (Lipinski definition) is 3. The number of halogens is 1. The van der Waals surface area contributed by atoms with Gasteiger partial charge >= 0.3 is 0 Å². The van der Waals surface area contributed by atoms with Crippen LogP contribution in [0, 0.1) is 0 Å². The molecule has 2 aromatic carbocycles. The van der Waals surface area contributed by atoms with E-state index in [1.54, 1.807) is 42.6 Å². The maximum atomic E-state index is 12.8. The molecule has 1 aromatic heterocycles. The van der Waals surface area contributed by atoms with Crippen molar-refractivity contribution in [2.75, 3.05) is 24.7 Å². The lowest BCUT2D eigenvalue weighted by Gasteiger charge is -2.11. The summed E-state index contributed by atoms with van der Waals surface area (Å²) in [7, 11) is -3.31. The van der Waals surface area contributed by atoms with Gasteiger partial charge in [0.25, 0.3) is 5.91 Å². The minimum Gasteiger partial charge on any atom is -0.355 e. The van der Waals surface area contributed by atoms with E-state index in [2.05, 4.69) is 20.9 Å². The van der Waals surface area contributed by atoms with Crippen LogP contribution in [0.25, 0.3) is 11.1 Å². The number of pyridine rings is 1. The van der Waals surface area contributed by atoms with Crippen LogP contribution >= 0.6 is 11.6 Å². The second kappa shape index (κ2) is 11.2. The van der Waals surface area contributed by atoms with Crippen molar-refractivity contribution < 1.29 is 18.0 Å². The zero-order valence-corrected chi connectivity index (χ0v) is 20.3. The lowest BCUT2D eigenvalue weighted by Crippen LogP contribution is -2.29. The summed E-state index contributed by atoms with van der Waals surface area (Å²) in [5.41, 5.74) is 2.51. The van der Waals surface area contributed by atoms with E-state index in [0.29, 0.717) is 36.6 Å². The summed E-state index contributed by atoms with van der Waals surface area (Å²) in [5, 5.41) is 8.89. The molecule has 34 heavy (non-hydrogen) atoms. The van der Waals surface area contributed by atoms with Gasteiger partial charge in [0.15, 0.2) is 9.84 Å². The Morgan fingerprint density at radius 1 is 1.00 bits per heavy atom. The van der Waals surface area contributed by atoms with Gasteiger partial charge in [0.1, 0.15) is 5.82 Å². The van der Waals surface area contributed by atoms with Crippen LogP contribution in [-0.2, 0) is 21.2 Å². The largest absolute Gasteiger partial charge is 0.355 e. The molecule has 0 aliphatic carbocycles. The van der Waals surface area contributed by atoms with Gasteiger partial charge in [-0.15, -0.1) is 0 Å². The summed E-state index contributed by atoms with van der Waals surface area (Å²) >= 11 is 6.53. The summed E-state index contributed by atoms with van der Waals surface area (Å²) in [6.45, 7) is 3.22. The van der Waals surface area contributed by atoms with Gasteiger partial charge in [-0.25, -0.2) is 13.4 Å². The van der Waals surface area contributed by atoms with Crippen molar-refractivity contribution in [1.82, 2.24) is 15.6 Å². The van der Waals surface area contributed by atoms with Crippen LogP contribution in [0.1, 0.15) is 22.8 Å². The normalized spacial score (nSPS) is 11.1. The Kier molecular flexibility index (Phi) is 8.38. The molecular formula is C24H25ClN4O4S. The van der Waals surface area contributed by atoms with E-state index in [1.165, 1.54) is 19.1 Å². The molecule has 10 heteroatoms. The summed E-state index contributed by atoms with van der Waals surface area (Å²) in [6, 6.07) is 15.0. The van der Waals surface area contributed by atoms with Crippen LogP contribution in [0.15, 0.2) is 65.7 Å². The molecule has 0 unspecified atom stereocenters. The standard InChI is InChI=1S/C24H25ClN4O4S/c1-16(30)27-13-12-26-14-17-6-11-22(28-15-17)29-24(31)21-5-3-4-20(23(21)25)18-7-9-19(10-8-18)34(2,32)33/h3-11,15,26H,12-14H2,1-2H3,(H,27,30)(H,28,29,31). The molecule has 0 fully saturated rings. The van der Waals surface area contributed by atoms with Gasteiger partial charge in [-0.1, -0.05) is 41.9 Å². The zero-order chi connectivity index (χ0) is 24.7. The predicted octanol–water partition coefficient (Wildman–Crippen LogP) is 3.28. The molecule has 0 radical (unpaired) electrons. The van der Waals surface area contributed by atoms with E-state index in [9.17, 15) is 18.0 Å². The smallest absolute Gasteiger partial charge is 0.258 e. The molecule has 0 aliphatic rings. The molecule has 0 saturated carbocycles. The van der Waals surface area contributed by atoms with E-state index < -0.39 is 15.7 Å². The third-order valence-corrected chi connectivity index (χ3v) is 6.44. The number of nitrogens with one attached hydrogen (secondary N) is 3. The van der Waals surface area contributed by atoms with E-state index in [-0.39, 0.29) is 21.4 Å². The molecule has 0 saturated heterocycles. The Labute approximate surface area is 203 Å². The average Bonchev–Trinajstić information content (AvgIpc) is 2.79. The number of carbonyl (C=O) groups is 2. The van der Waals surface area contributed by atoms with Crippen LogP contribution in [0.5, 0.6) is 0 Å². The minimum atomic E-state index is -3.31. The zero-order valence-electron chi connectivity index (χ0n) is 18.8. The monoisotopic (exact) mass is 500 g/mol. The van der Waals surface area contributed by atoms with Gasteiger partial charge in [-0.3, -0.25) is 9.59 Å². The average molecular weight is 501 g/mol. The Balaban J connectivity index is 1.66. The highest BCUT2D eigenvalue weighted by Crippen LogP contribution is 2.31. The van der Waals surface area contributed by atoms with E-state index in [4.69, 9.17) is 11.6 Å². The van der Waals surface area contributed by atoms with Crippen molar-refractivity contribution in [2.45, 2.75) is 18.4 Å². The molecule has 3 rings (SSSR count). The number of hydrogen-bond acceptors (Lipinski definition) is 6. The number of carbonyl (C=O) groups excluding carboxylic acids is 2. The first kappa shape index (κ1) is 25.4. The van der Waals surface area contributed by atoms with Gasteiger partial charge in [-0.05, 0) is 35.4 Å². The topological polar surface area (TPSA) is 117 Å². The number of nitrogens with zero attached hydrogens (tertiary/aromatic N) is 1. The quantitative estimate of drug-likeness (QED) is 0.388. The first-order valence-electron chi connectivity index (χ1n) is 10.5. The lowest BCUT2D eigenvalue weighted by atomic mass is 10.0. The first-order valence-corrected chi connectivity index (χ1v) is 12.7.